The van der Waals surface area contributed by atoms with E-state index in [1.807, 2.05) is 6.92 Å². The highest BCUT2D eigenvalue weighted by Crippen LogP contribution is 2.07. The Morgan fingerprint density at radius 2 is 2.28 bits per heavy atom. The van der Waals surface area contributed by atoms with Gasteiger partial charge in [-0.05, 0) is 13.0 Å². The van der Waals surface area contributed by atoms with Crippen LogP contribution in [0, 0.1) is 5.82 Å². The van der Waals surface area contributed by atoms with Gasteiger partial charge in [-0.2, -0.15) is 0 Å². The van der Waals surface area contributed by atoms with Crippen molar-refractivity contribution in [1.29, 1.82) is 0 Å². The van der Waals surface area contributed by atoms with Crippen LogP contribution in [0.5, 0.6) is 0 Å². The fourth-order valence-corrected chi connectivity index (χ4v) is 2.10. The quantitative estimate of drug-likeness (QED) is 0.597. The van der Waals surface area contributed by atoms with Crippen molar-refractivity contribution in [3.05, 3.63) is 36.4 Å². The maximum Gasteiger partial charge on any atom is 0.242 e. The summed E-state index contributed by atoms with van der Waals surface area (Å²) in [5.41, 5.74) is 0.854. The molecule has 7 heteroatoms. The van der Waals surface area contributed by atoms with Crippen LogP contribution in [0.25, 0.3) is 0 Å². The van der Waals surface area contributed by atoms with Crippen LogP contribution >= 0.6 is 0 Å². The third-order valence-corrected chi connectivity index (χ3v) is 3.31. The summed E-state index contributed by atoms with van der Waals surface area (Å²) < 4.78 is 43.6. The Hall–Kier alpha value is -1.31. The van der Waals surface area contributed by atoms with Gasteiger partial charge in [0.05, 0.1) is 19.4 Å². The number of pyridine rings is 1. The van der Waals surface area contributed by atoms with Crippen LogP contribution < -0.4 is 4.72 Å². The summed E-state index contributed by atoms with van der Waals surface area (Å²) in [7, 11) is -3.74. The number of rotatable bonds is 7. The molecular formula is C11H15FN2O3S. The summed E-state index contributed by atoms with van der Waals surface area (Å²) in [5.74, 6) is -0.698. The lowest BCUT2D eigenvalue weighted by Crippen LogP contribution is -2.27. The Morgan fingerprint density at radius 3 is 2.89 bits per heavy atom. The van der Waals surface area contributed by atoms with Gasteiger partial charge in [0.25, 0.3) is 0 Å². The predicted molar refractivity (Wildman–Crippen MR) is 65.0 cm³/mol. The van der Waals surface area contributed by atoms with E-state index < -0.39 is 15.8 Å². The third kappa shape index (κ3) is 4.91. The number of aromatic nitrogens is 1. The number of ether oxygens (including phenoxy) is 1. The first kappa shape index (κ1) is 14.7. The minimum absolute atomic E-state index is 0.103. The summed E-state index contributed by atoms with van der Waals surface area (Å²) in [6.45, 7) is 6.15. The van der Waals surface area contributed by atoms with Gasteiger partial charge in [0.2, 0.25) is 10.0 Å². The molecule has 0 fully saturated rings. The van der Waals surface area contributed by atoms with Gasteiger partial charge < -0.3 is 4.74 Å². The molecule has 1 aromatic rings. The second-order valence-electron chi connectivity index (χ2n) is 3.75. The number of hydrogen-bond donors (Lipinski definition) is 1. The highest BCUT2D eigenvalue weighted by atomic mass is 32.2. The standard InChI is InChI=1S/C11H15FN2O3S/c1-9(2)8-17-4-3-14-18(15,16)11-5-10(12)6-13-7-11/h5-7,14H,1,3-4,8H2,2H3. The van der Waals surface area contributed by atoms with Crippen molar-refractivity contribution in [2.75, 3.05) is 19.8 Å². The summed E-state index contributed by atoms with van der Waals surface area (Å²) in [6, 6.07) is 0.907. The molecule has 0 aromatic carbocycles. The SMILES string of the molecule is C=C(C)COCCNS(=O)(=O)c1cncc(F)c1. The topological polar surface area (TPSA) is 68.3 Å². The first-order valence-electron chi connectivity index (χ1n) is 5.24. The van der Waals surface area contributed by atoms with Gasteiger partial charge in [-0.3, -0.25) is 4.98 Å². The van der Waals surface area contributed by atoms with Crippen molar-refractivity contribution in [1.82, 2.24) is 9.71 Å². The van der Waals surface area contributed by atoms with E-state index >= 15 is 0 Å². The molecule has 0 bridgehead atoms. The van der Waals surface area contributed by atoms with E-state index in [1.54, 1.807) is 0 Å². The van der Waals surface area contributed by atoms with Gasteiger partial charge in [-0.15, -0.1) is 0 Å². The normalized spacial score (nSPS) is 11.4. The molecule has 5 nitrogen and oxygen atoms in total. The van der Waals surface area contributed by atoms with Crippen molar-refractivity contribution in [2.24, 2.45) is 0 Å². The Bertz CT molecular complexity index is 517. The Labute approximate surface area is 106 Å². The first-order valence-corrected chi connectivity index (χ1v) is 6.72. The molecule has 0 amide bonds. The summed E-state index contributed by atoms with van der Waals surface area (Å²) >= 11 is 0. The minimum atomic E-state index is -3.74. The van der Waals surface area contributed by atoms with Crippen LogP contribution in [-0.4, -0.2) is 33.2 Å². The lowest BCUT2D eigenvalue weighted by molar-refractivity contribution is 0.162. The maximum absolute atomic E-state index is 12.8. The molecule has 1 heterocycles. The van der Waals surface area contributed by atoms with Gasteiger partial charge in [0, 0.05) is 12.7 Å². The number of hydrogen-bond acceptors (Lipinski definition) is 4. The lowest BCUT2D eigenvalue weighted by atomic mass is 10.4. The van der Waals surface area contributed by atoms with E-state index in [2.05, 4.69) is 16.3 Å². The zero-order valence-corrected chi connectivity index (χ0v) is 10.8. The molecule has 1 rings (SSSR count). The van der Waals surface area contributed by atoms with E-state index in [4.69, 9.17) is 4.74 Å². The van der Waals surface area contributed by atoms with Gasteiger partial charge in [-0.1, -0.05) is 12.2 Å². The molecular weight excluding hydrogens is 259 g/mol. The highest BCUT2D eigenvalue weighted by molar-refractivity contribution is 7.89. The van der Waals surface area contributed by atoms with Gasteiger partial charge in [-0.25, -0.2) is 17.5 Å². The molecule has 0 saturated carbocycles. The van der Waals surface area contributed by atoms with Crippen LogP contribution in [0.2, 0.25) is 0 Å². The van der Waals surface area contributed by atoms with Gasteiger partial charge >= 0.3 is 0 Å². The van der Waals surface area contributed by atoms with Gasteiger partial charge in [0.15, 0.2) is 0 Å². The average molecular weight is 274 g/mol. The molecule has 0 aliphatic heterocycles. The maximum atomic E-state index is 12.8. The molecule has 0 aliphatic carbocycles. The highest BCUT2D eigenvalue weighted by Gasteiger charge is 2.14. The number of halogens is 1. The molecule has 1 aromatic heterocycles. The molecule has 0 spiro atoms. The Kier molecular flexibility index (Phi) is 5.39. The van der Waals surface area contributed by atoms with Crippen LogP contribution in [0.3, 0.4) is 0 Å². The molecule has 0 saturated heterocycles. The zero-order chi connectivity index (χ0) is 13.6. The van der Waals surface area contributed by atoms with E-state index in [9.17, 15) is 12.8 Å². The van der Waals surface area contributed by atoms with Crippen LogP contribution in [-0.2, 0) is 14.8 Å². The Morgan fingerprint density at radius 1 is 1.56 bits per heavy atom. The second kappa shape index (κ2) is 6.58. The minimum Gasteiger partial charge on any atom is -0.376 e. The van der Waals surface area contributed by atoms with Crippen molar-refractivity contribution >= 4 is 10.0 Å². The average Bonchev–Trinajstić information content (AvgIpc) is 2.28. The van der Waals surface area contributed by atoms with Crippen molar-refractivity contribution < 1.29 is 17.5 Å². The predicted octanol–water partition coefficient (Wildman–Crippen LogP) is 1.09. The first-order chi connectivity index (χ1) is 8.42. The summed E-state index contributed by atoms with van der Waals surface area (Å²) in [5, 5.41) is 0. The van der Waals surface area contributed by atoms with Crippen molar-refractivity contribution in [2.45, 2.75) is 11.8 Å². The summed E-state index contributed by atoms with van der Waals surface area (Å²) in [6.07, 6.45) is 2.02. The van der Waals surface area contributed by atoms with E-state index in [0.29, 0.717) is 6.61 Å². The van der Waals surface area contributed by atoms with Gasteiger partial charge in [0.1, 0.15) is 10.7 Å². The van der Waals surface area contributed by atoms with Crippen LogP contribution in [0.4, 0.5) is 4.39 Å². The monoisotopic (exact) mass is 274 g/mol. The van der Waals surface area contributed by atoms with Crippen molar-refractivity contribution in [3.63, 3.8) is 0 Å². The molecule has 0 atom stereocenters. The van der Waals surface area contributed by atoms with E-state index in [-0.39, 0.29) is 18.0 Å². The van der Waals surface area contributed by atoms with E-state index in [1.165, 1.54) is 0 Å². The summed E-state index contributed by atoms with van der Waals surface area (Å²) in [4.78, 5) is 3.27. The third-order valence-electron chi connectivity index (χ3n) is 1.88. The largest absolute Gasteiger partial charge is 0.376 e. The van der Waals surface area contributed by atoms with E-state index in [0.717, 1.165) is 24.0 Å². The Balaban J connectivity index is 2.48. The lowest BCUT2D eigenvalue weighted by Gasteiger charge is -2.07. The molecule has 18 heavy (non-hydrogen) atoms. The van der Waals surface area contributed by atoms with Crippen molar-refractivity contribution in [3.8, 4) is 0 Å². The van der Waals surface area contributed by atoms with Crippen LogP contribution in [0.15, 0.2) is 35.5 Å². The fourth-order valence-electron chi connectivity index (χ4n) is 1.12. The second-order valence-corrected chi connectivity index (χ2v) is 5.51. The zero-order valence-electron chi connectivity index (χ0n) is 10.0. The molecule has 0 aliphatic rings. The van der Waals surface area contributed by atoms with Crippen LogP contribution in [0.1, 0.15) is 6.92 Å². The molecule has 0 unspecified atom stereocenters. The fraction of sp³-hybridized carbons (Fsp3) is 0.364. The molecule has 0 radical (unpaired) electrons. The number of nitrogens with one attached hydrogen (secondary N) is 1. The number of nitrogens with zero attached hydrogens (tertiary/aromatic N) is 1. The number of sulfonamides is 1. The molecule has 1 N–H and O–H groups in total. The molecule has 100 valence electrons. The smallest absolute Gasteiger partial charge is 0.242 e.